The summed E-state index contributed by atoms with van der Waals surface area (Å²) < 4.78 is 11.1. The Kier molecular flexibility index (Phi) is 8.53. The molecule has 30 heavy (non-hydrogen) atoms. The minimum Gasteiger partial charge on any atom is -0.490 e. The zero-order valence-electron chi connectivity index (χ0n) is 18.4. The third kappa shape index (κ3) is 6.40. The van der Waals surface area contributed by atoms with Gasteiger partial charge >= 0.3 is 0 Å². The lowest BCUT2D eigenvalue weighted by Crippen LogP contribution is -2.37. The number of ether oxygens (including phenoxy) is 2. The number of amides is 2. The second kappa shape index (κ2) is 11.1. The second-order valence-corrected chi connectivity index (χ2v) is 7.02. The Balaban J connectivity index is 1.93. The van der Waals surface area contributed by atoms with Crippen molar-refractivity contribution in [2.45, 2.75) is 20.4 Å². The van der Waals surface area contributed by atoms with Gasteiger partial charge in [-0.2, -0.15) is 0 Å². The van der Waals surface area contributed by atoms with Crippen molar-refractivity contribution in [3.05, 3.63) is 53.6 Å². The van der Waals surface area contributed by atoms with Gasteiger partial charge in [0.1, 0.15) is 0 Å². The van der Waals surface area contributed by atoms with Crippen LogP contribution in [0.3, 0.4) is 0 Å². The van der Waals surface area contributed by atoms with Crippen molar-refractivity contribution in [1.29, 1.82) is 0 Å². The van der Waals surface area contributed by atoms with Gasteiger partial charge in [0.2, 0.25) is 5.91 Å². The highest BCUT2D eigenvalue weighted by molar-refractivity contribution is 5.97. The Labute approximate surface area is 178 Å². The summed E-state index contributed by atoms with van der Waals surface area (Å²) in [5.74, 6) is 0.593. The number of benzene rings is 2. The van der Waals surface area contributed by atoms with E-state index in [1.165, 1.54) is 0 Å². The zero-order chi connectivity index (χ0) is 22.1. The van der Waals surface area contributed by atoms with Gasteiger partial charge in [-0.1, -0.05) is 12.1 Å². The van der Waals surface area contributed by atoms with E-state index in [2.05, 4.69) is 5.32 Å². The summed E-state index contributed by atoms with van der Waals surface area (Å²) in [6.45, 7) is 5.11. The van der Waals surface area contributed by atoms with Crippen molar-refractivity contribution in [3.8, 4) is 11.5 Å². The molecule has 7 nitrogen and oxygen atoms in total. The summed E-state index contributed by atoms with van der Waals surface area (Å²) in [7, 11) is 5.68. The molecule has 0 bridgehead atoms. The van der Waals surface area contributed by atoms with Crippen LogP contribution in [0.5, 0.6) is 11.5 Å². The number of hydrogen-bond acceptors (Lipinski definition) is 5. The fourth-order valence-corrected chi connectivity index (χ4v) is 2.85. The molecule has 2 amide bonds. The van der Waals surface area contributed by atoms with Crippen molar-refractivity contribution in [2.24, 2.45) is 0 Å². The summed E-state index contributed by atoms with van der Waals surface area (Å²) in [6, 6.07) is 13.0. The van der Waals surface area contributed by atoms with Crippen LogP contribution in [-0.4, -0.2) is 57.6 Å². The monoisotopic (exact) mass is 413 g/mol. The Morgan fingerprint density at radius 1 is 0.900 bits per heavy atom. The molecule has 7 heteroatoms. The SMILES string of the molecule is CCOc1ccc(C(=O)NCC(=O)N(C)Cc2ccc(N(C)C)cc2)cc1OCC. The van der Waals surface area contributed by atoms with Crippen LogP contribution in [0.2, 0.25) is 0 Å². The van der Waals surface area contributed by atoms with E-state index in [-0.39, 0.29) is 18.4 Å². The molecule has 2 rings (SSSR count). The van der Waals surface area contributed by atoms with Crippen molar-refractivity contribution >= 4 is 17.5 Å². The highest BCUT2D eigenvalue weighted by atomic mass is 16.5. The van der Waals surface area contributed by atoms with Crippen molar-refractivity contribution in [1.82, 2.24) is 10.2 Å². The molecule has 0 spiro atoms. The molecule has 0 aliphatic heterocycles. The lowest BCUT2D eigenvalue weighted by atomic mass is 10.2. The van der Waals surface area contributed by atoms with Crippen molar-refractivity contribution < 1.29 is 19.1 Å². The number of anilines is 1. The van der Waals surface area contributed by atoms with E-state index >= 15 is 0 Å². The second-order valence-electron chi connectivity index (χ2n) is 7.02. The first kappa shape index (κ1) is 23.1. The number of carbonyl (C=O) groups is 2. The summed E-state index contributed by atoms with van der Waals surface area (Å²) in [6.07, 6.45) is 0. The molecule has 0 unspecified atom stereocenters. The van der Waals surface area contributed by atoms with Crippen molar-refractivity contribution in [2.75, 3.05) is 45.8 Å². The maximum Gasteiger partial charge on any atom is 0.251 e. The third-order valence-electron chi connectivity index (χ3n) is 4.50. The summed E-state index contributed by atoms with van der Waals surface area (Å²) in [5, 5.41) is 2.68. The number of likely N-dealkylation sites (N-methyl/N-ethyl adjacent to an activating group) is 1. The van der Waals surface area contributed by atoms with Crippen LogP contribution >= 0.6 is 0 Å². The van der Waals surface area contributed by atoms with Crippen LogP contribution < -0.4 is 19.7 Å². The molecule has 2 aromatic carbocycles. The maximum atomic E-state index is 12.5. The van der Waals surface area contributed by atoms with Crippen LogP contribution in [0.1, 0.15) is 29.8 Å². The Bertz CT molecular complexity index is 850. The smallest absolute Gasteiger partial charge is 0.251 e. The van der Waals surface area contributed by atoms with Gasteiger partial charge in [0.15, 0.2) is 11.5 Å². The molecule has 0 fully saturated rings. The molecular formula is C23H31N3O4. The Morgan fingerprint density at radius 2 is 1.53 bits per heavy atom. The molecule has 0 aliphatic carbocycles. The van der Waals surface area contributed by atoms with Crippen LogP contribution in [0.15, 0.2) is 42.5 Å². The predicted octanol–water partition coefficient (Wildman–Crippen LogP) is 2.94. The van der Waals surface area contributed by atoms with Crippen LogP contribution in [-0.2, 0) is 11.3 Å². The lowest BCUT2D eigenvalue weighted by Gasteiger charge is -2.19. The normalized spacial score (nSPS) is 10.3. The van der Waals surface area contributed by atoms with Gasteiger partial charge in [-0.05, 0) is 49.7 Å². The number of rotatable bonds is 10. The number of nitrogens with one attached hydrogen (secondary N) is 1. The molecular weight excluding hydrogens is 382 g/mol. The molecule has 0 atom stereocenters. The van der Waals surface area contributed by atoms with Gasteiger partial charge in [-0.25, -0.2) is 0 Å². The maximum absolute atomic E-state index is 12.5. The van der Waals surface area contributed by atoms with E-state index in [0.717, 1.165) is 11.3 Å². The van der Waals surface area contributed by atoms with Gasteiger partial charge in [0.25, 0.3) is 5.91 Å². The quantitative estimate of drug-likeness (QED) is 0.649. The first-order chi connectivity index (χ1) is 14.3. The first-order valence-electron chi connectivity index (χ1n) is 10.0. The fourth-order valence-electron chi connectivity index (χ4n) is 2.85. The minimum absolute atomic E-state index is 0.0811. The van der Waals surface area contributed by atoms with Crippen molar-refractivity contribution in [3.63, 3.8) is 0 Å². The molecule has 2 aromatic rings. The van der Waals surface area contributed by atoms with Gasteiger partial charge in [-0.3, -0.25) is 9.59 Å². The van der Waals surface area contributed by atoms with Gasteiger partial charge in [-0.15, -0.1) is 0 Å². The summed E-state index contributed by atoms with van der Waals surface area (Å²) >= 11 is 0. The standard InChI is InChI=1S/C23H31N3O4/c1-6-29-20-13-10-18(14-21(20)30-7-2)23(28)24-15-22(27)26(5)16-17-8-11-19(12-9-17)25(3)4/h8-14H,6-7,15-16H2,1-5H3,(H,24,28). The highest BCUT2D eigenvalue weighted by Gasteiger charge is 2.14. The molecule has 0 saturated carbocycles. The zero-order valence-corrected chi connectivity index (χ0v) is 18.4. The third-order valence-corrected chi connectivity index (χ3v) is 4.50. The Morgan fingerprint density at radius 3 is 2.13 bits per heavy atom. The van der Waals surface area contributed by atoms with E-state index in [0.29, 0.717) is 36.8 Å². The van der Waals surface area contributed by atoms with E-state index in [9.17, 15) is 9.59 Å². The predicted molar refractivity (Wildman–Crippen MR) is 118 cm³/mol. The molecule has 0 heterocycles. The number of nitrogens with zero attached hydrogens (tertiary/aromatic N) is 2. The van der Waals surface area contributed by atoms with Gasteiger partial charge in [0, 0.05) is 38.9 Å². The van der Waals surface area contributed by atoms with E-state index < -0.39 is 0 Å². The summed E-state index contributed by atoms with van der Waals surface area (Å²) in [4.78, 5) is 28.5. The van der Waals surface area contributed by atoms with E-state index in [1.54, 1.807) is 30.1 Å². The lowest BCUT2D eigenvalue weighted by molar-refractivity contribution is -0.129. The first-order valence-corrected chi connectivity index (χ1v) is 10.0. The number of hydrogen-bond donors (Lipinski definition) is 1. The summed E-state index contributed by atoms with van der Waals surface area (Å²) in [5.41, 5.74) is 2.54. The Hall–Kier alpha value is -3.22. The minimum atomic E-state index is -0.337. The van der Waals surface area contributed by atoms with Gasteiger partial charge < -0.3 is 24.6 Å². The van der Waals surface area contributed by atoms with Crippen LogP contribution in [0.4, 0.5) is 5.69 Å². The largest absolute Gasteiger partial charge is 0.490 e. The average Bonchev–Trinajstić information content (AvgIpc) is 2.73. The molecule has 162 valence electrons. The highest BCUT2D eigenvalue weighted by Crippen LogP contribution is 2.28. The van der Waals surface area contributed by atoms with E-state index in [4.69, 9.17) is 9.47 Å². The number of carbonyl (C=O) groups excluding carboxylic acids is 2. The molecule has 1 N–H and O–H groups in total. The molecule has 0 aliphatic rings. The van der Waals surface area contributed by atoms with Crippen LogP contribution in [0.25, 0.3) is 0 Å². The molecule has 0 aromatic heterocycles. The molecule has 0 radical (unpaired) electrons. The average molecular weight is 414 g/mol. The van der Waals surface area contributed by atoms with Crippen LogP contribution in [0, 0.1) is 0 Å². The molecule has 0 saturated heterocycles. The van der Waals surface area contributed by atoms with E-state index in [1.807, 2.05) is 57.1 Å². The van der Waals surface area contributed by atoms with Gasteiger partial charge in [0.05, 0.1) is 19.8 Å². The topological polar surface area (TPSA) is 71.1 Å². The fraction of sp³-hybridized carbons (Fsp3) is 0.391.